The Balaban J connectivity index is 0.000000372. The van der Waals surface area contributed by atoms with E-state index < -0.39 is 131 Å². The van der Waals surface area contributed by atoms with E-state index in [4.69, 9.17) is 61.2 Å². The number of hydrogen-bond donors (Lipinski definition) is 11. The molecule has 12 N–H and O–H groups in total. The molecule has 135 heavy (non-hydrogen) atoms. The fraction of sp³-hybridized carbons (Fsp3) is 0.323. The quantitative estimate of drug-likeness (QED) is 0.00966. The molecular formula is C99H117N9O25U2. The van der Waals surface area contributed by atoms with Crippen LogP contribution in [0.15, 0.2) is 255 Å². The Bertz CT molecular complexity index is 5230. The van der Waals surface area contributed by atoms with Crippen LogP contribution >= 0.6 is 0 Å². The van der Waals surface area contributed by atoms with E-state index in [-0.39, 0.29) is 133 Å². The molecule has 1 unspecified atom stereocenters. The zero-order valence-corrected chi connectivity index (χ0v) is 84.9. The minimum atomic E-state index is -1.17. The van der Waals surface area contributed by atoms with Crippen LogP contribution in [0.4, 0.5) is 19.2 Å². The number of carbonyl (C=O) groups excluding carboxylic acids is 11. The van der Waals surface area contributed by atoms with E-state index in [9.17, 15) is 67.4 Å². The van der Waals surface area contributed by atoms with Gasteiger partial charge in [-0.05, 0) is 141 Å². The average molecular weight is 2310 g/mol. The number of epoxide rings is 2. The van der Waals surface area contributed by atoms with E-state index in [1.807, 2.05) is 170 Å². The van der Waals surface area contributed by atoms with Crippen molar-refractivity contribution < 1.29 is 185 Å². The van der Waals surface area contributed by atoms with Crippen molar-refractivity contribution in [3.05, 3.63) is 305 Å². The molecule has 2 fully saturated rings. The first kappa shape index (κ1) is 111. The number of ketones is 2. The molecule has 34 nitrogen and oxygen atoms in total. The van der Waals surface area contributed by atoms with Crippen molar-refractivity contribution in [3.8, 4) is 17.2 Å². The molecule has 716 valence electrons. The van der Waals surface area contributed by atoms with E-state index in [0.29, 0.717) is 30.3 Å². The Hall–Kier alpha value is -12.9. The third-order valence-corrected chi connectivity index (χ3v) is 20.3. The van der Waals surface area contributed by atoms with Crippen molar-refractivity contribution in [1.82, 2.24) is 42.5 Å². The summed E-state index contributed by atoms with van der Waals surface area (Å²) < 4.78 is 60.9. The van der Waals surface area contributed by atoms with E-state index in [0.717, 1.165) is 50.1 Å². The molecule has 0 radical (unpaired) electrons. The summed E-state index contributed by atoms with van der Waals surface area (Å²) in [6.45, 7) is 10.4. The molecule has 2 aliphatic heterocycles. The number of amides is 8. The van der Waals surface area contributed by atoms with Crippen LogP contribution in [0.2, 0.25) is 0 Å². The average Bonchev–Trinajstić information content (AvgIpc) is 1.65. The summed E-state index contributed by atoms with van der Waals surface area (Å²) in [5.41, 5.74) is 11.8. The number of nitrogens with one attached hydrogen (secondary N) is 8. The number of methoxy groups -OCH3 is 4. The Morgan fingerprint density at radius 3 is 0.859 bits per heavy atom. The van der Waals surface area contributed by atoms with E-state index >= 15 is 0 Å². The summed E-state index contributed by atoms with van der Waals surface area (Å²) in [7, 11) is 5.90. The van der Waals surface area contributed by atoms with Gasteiger partial charge in [-0.25, -0.2) is 28.8 Å². The molecule has 9 aromatic rings. The van der Waals surface area contributed by atoms with Crippen LogP contribution < -0.4 is 62.5 Å². The number of nitrogens with two attached hydrogens (primary N) is 1. The van der Waals surface area contributed by atoms with Gasteiger partial charge in [0.05, 0.1) is 53.7 Å². The molecule has 11 atom stereocenters. The minimum absolute atomic E-state index is 0. The van der Waals surface area contributed by atoms with Gasteiger partial charge in [0.25, 0.3) is 0 Å². The molecule has 0 aliphatic carbocycles. The smallest absolute Gasteiger partial charge is 0.408 e. The number of ether oxygens (including phenoxy) is 10. The van der Waals surface area contributed by atoms with Gasteiger partial charge in [0, 0.05) is 84.5 Å². The molecule has 2 saturated heterocycles. The van der Waals surface area contributed by atoms with Gasteiger partial charge < -0.3 is 106 Å². The maximum absolute atomic E-state index is 13.7. The van der Waals surface area contributed by atoms with Crippen molar-refractivity contribution in [2.24, 2.45) is 5.73 Å². The number of carboxylic acids is 2. The first-order valence-corrected chi connectivity index (χ1v) is 42.4. The summed E-state index contributed by atoms with van der Waals surface area (Å²) in [6, 6.07) is 68.5. The normalized spacial score (nSPS) is 15.3. The predicted molar refractivity (Wildman–Crippen MR) is 491 cm³/mol. The number of hydrogen-bond acceptors (Lipinski definition) is 24. The summed E-state index contributed by atoms with van der Waals surface area (Å²) in [5, 5.41) is 38.1. The van der Waals surface area contributed by atoms with Crippen molar-refractivity contribution in [2.45, 2.75) is 166 Å². The van der Waals surface area contributed by atoms with Crippen molar-refractivity contribution in [1.29, 1.82) is 0 Å². The Kier molecular flexibility index (Phi) is 48.4. The molecule has 2 aliphatic rings. The molecule has 0 bridgehead atoms. The number of esters is 1. The van der Waals surface area contributed by atoms with Gasteiger partial charge in [-0.15, -0.1) is 0 Å². The maximum atomic E-state index is 13.7. The summed E-state index contributed by atoms with van der Waals surface area (Å²) in [5.74, 6) is -3.40. The number of rotatable bonds is 40. The van der Waals surface area contributed by atoms with E-state index in [1.54, 1.807) is 113 Å². The van der Waals surface area contributed by atoms with Crippen LogP contribution in [0.25, 0.3) is 0 Å². The van der Waals surface area contributed by atoms with Crippen molar-refractivity contribution in [2.75, 3.05) is 41.7 Å². The monoisotopic (exact) mass is 2310 g/mol. The largest absolute Gasteiger partial charge is 0.497 e. The number of aliphatic carboxylic acids is 2. The van der Waals surface area contributed by atoms with E-state index in [2.05, 4.69) is 42.5 Å². The number of carboxylic acid groups (broad SMARTS) is 2. The van der Waals surface area contributed by atoms with Gasteiger partial charge in [-0.1, -0.05) is 218 Å². The van der Waals surface area contributed by atoms with Crippen molar-refractivity contribution in [3.63, 3.8) is 0 Å². The fourth-order valence-corrected chi connectivity index (χ4v) is 12.2. The Morgan fingerprint density at radius 2 is 0.570 bits per heavy atom. The summed E-state index contributed by atoms with van der Waals surface area (Å²) in [6.07, 6.45) is -1.70. The molecule has 0 aromatic heterocycles. The van der Waals surface area contributed by atoms with Crippen LogP contribution in [-0.2, 0) is 135 Å². The fourth-order valence-electron chi connectivity index (χ4n) is 12.2. The molecular weight excluding hydrogens is 2190 g/mol. The molecule has 0 saturated carbocycles. The Labute approximate surface area is 834 Å². The number of benzene rings is 9. The third kappa shape index (κ3) is 41.6. The molecule has 2 heterocycles. The minimum Gasteiger partial charge on any atom is -0.497 e. The van der Waals surface area contributed by atoms with Crippen LogP contribution in [0.5, 0.6) is 17.2 Å². The van der Waals surface area contributed by atoms with Gasteiger partial charge in [-0.3, -0.25) is 33.6 Å². The number of Topliss-reactive ketones (excluding diaryl/α,β-unsaturated/α-hetero) is 2. The van der Waals surface area contributed by atoms with Gasteiger partial charge >= 0.3 is 42.3 Å². The topological polar surface area (TPSA) is 484 Å². The first-order valence-electron chi connectivity index (χ1n) is 43.4. The molecule has 0 spiro atoms. The van der Waals surface area contributed by atoms with Crippen molar-refractivity contribution >= 4 is 77.5 Å². The maximum Gasteiger partial charge on any atom is 0.408 e. The summed E-state index contributed by atoms with van der Waals surface area (Å²) in [4.78, 5) is 158. The summed E-state index contributed by atoms with van der Waals surface area (Å²) >= 11 is 0. The van der Waals surface area contributed by atoms with Crippen LogP contribution in [0.3, 0.4) is 0 Å². The molecule has 8 amide bonds. The van der Waals surface area contributed by atoms with Crippen LogP contribution in [0.1, 0.15) is 94.6 Å². The number of carbonyl (C=O) groups is 13. The SMILES string of the molecule is COC(=O)[C@H](Cc1ccc(OC)cc1)NC(=O)[C@H](C)NC(=O)OCc1ccccc1.COc1ccc(C[C@H](NC(=O)[C@H](C)NC(=O)OCc2ccccc2)C(=O)N[C@@H](Cc2ccccc2)C(=O)[C@@]2(C)CO2)cc1.COc1ccc(C[C@H](NC(=O)[C@H](C)NC(=O)OCc2ccccc2)C(=O)O)cc1.C[C@H](NC(=O)OCc1ccccc1)C(=O)O.C[C@]1(C(=O)C(N)Cc2ccccc2)CO1.[3H][3H].[U].[U]. The standard InChI is InChI=1S/C33H37N3O7.C22H26N2O6.C21H24N2O6.C12H15NO2.C11H13NO4.2U.H2/c1-22(34-32(40)42-20-25-12-8-5-9-13-25)30(38)36-28(19-24-14-16-26(41-3)17-15-24)31(39)35-27(29(37)33(2)21-43-33)18-23-10-6-4-7-11-23;1-15(23-22(27)30-14-17-7-5-4-6-8-17)20(25)24-19(21(26)29-3)13-16-9-11-18(28-2)12-10-16;1-14(22-21(27)29-13-16-6-4-3-5-7-16)19(24)23-18(20(25)26)12-15-8-10-17(28-2)11-9-15;1-12(8-15-12)11(14)10(13)7-9-5-3-2-4-6-9;1-8(10(13)14)12-11(15)16-7-9-5-3-2-4-6-9;;;/h4-17,22,27-28H,18-21H2,1-3H3,(H,34,40)(H,35,39)(H,36,38);4-12,15,19H,13-14H2,1-3H3,(H,23,27)(H,24,25);3-11,14,18H,12-13H2,1-2H3,(H,22,27)(H,23,24)(H,25,26);2-6,10H,7-8,13H2,1H3;2-6,8H,7H2,1H3,(H,12,15)(H,13,14);;;1H/t22-,27-,28-,33+;15-,19-;14-,18-;10?,12-;8-;;;/m00010.../s1/i;;;;;;;1+2T. The van der Waals surface area contributed by atoms with Crippen LogP contribution in [0, 0.1) is 62.2 Å². The molecule has 36 heteroatoms. The van der Waals surface area contributed by atoms with Gasteiger partial charge in [0.2, 0.25) is 23.6 Å². The van der Waals surface area contributed by atoms with Gasteiger partial charge in [-0.2, -0.15) is 0 Å². The van der Waals surface area contributed by atoms with Gasteiger partial charge in [0.1, 0.15) is 97.2 Å². The first-order chi connectivity index (χ1) is 64.7. The predicted octanol–water partition coefficient (Wildman–Crippen LogP) is 10.0. The molecule has 11 rings (SSSR count). The second kappa shape index (κ2) is 59.0. The third-order valence-electron chi connectivity index (χ3n) is 20.3. The second-order valence-electron chi connectivity index (χ2n) is 31.1. The van der Waals surface area contributed by atoms with E-state index in [1.165, 1.54) is 41.9 Å². The van der Waals surface area contributed by atoms with Crippen LogP contribution in [-0.4, -0.2) is 195 Å². The zero-order valence-electron chi connectivity index (χ0n) is 78.6. The second-order valence-corrected chi connectivity index (χ2v) is 31.1. The number of alkyl carbamates (subject to hydrolysis) is 4. The Morgan fingerprint density at radius 1 is 0.326 bits per heavy atom. The zero-order chi connectivity index (χ0) is 98.8. The molecule has 9 aromatic carbocycles. The van der Waals surface area contributed by atoms with Gasteiger partial charge in [0.15, 0.2) is 11.6 Å².